The van der Waals surface area contributed by atoms with Gasteiger partial charge in [-0.25, -0.2) is 0 Å². The first kappa shape index (κ1) is 15.9. The maximum Gasteiger partial charge on any atom is 0.201 e. The monoisotopic (exact) mass is 244 g/mol. The minimum Gasteiger partial charge on any atom is -0.407 e. The molecule has 0 aromatic rings. The molecule has 96 valence electrons. The van der Waals surface area contributed by atoms with E-state index in [1.54, 1.807) is 6.08 Å². The van der Waals surface area contributed by atoms with Crippen LogP contribution in [0.2, 0.25) is 16.6 Å². The third kappa shape index (κ3) is 3.19. The van der Waals surface area contributed by atoms with Gasteiger partial charge in [-0.15, -0.1) is 6.58 Å². The van der Waals surface area contributed by atoms with Gasteiger partial charge in [0.05, 0.1) is 12.7 Å². The molecule has 3 heteroatoms. The van der Waals surface area contributed by atoms with Crippen molar-refractivity contribution in [2.45, 2.75) is 64.3 Å². The molecule has 0 heterocycles. The molecule has 0 unspecified atom stereocenters. The number of rotatable bonds is 7. The zero-order valence-electron chi connectivity index (χ0n) is 11.7. The van der Waals surface area contributed by atoms with Crippen LogP contribution in [0.1, 0.15) is 41.5 Å². The van der Waals surface area contributed by atoms with Gasteiger partial charge in [0.2, 0.25) is 8.32 Å². The van der Waals surface area contributed by atoms with Gasteiger partial charge in [0, 0.05) is 0 Å². The fourth-order valence-corrected chi connectivity index (χ4v) is 8.34. The fourth-order valence-electron chi connectivity index (χ4n) is 2.83. The Hall–Kier alpha value is -0.123. The third-order valence-electron chi connectivity index (χ3n) is 3.51. The zero-order chi connectivity index (χ0) is 12.9. The second-order valence-electron chi connectivity index (χ2n) is 5.39. The van der Waals surface area contributed by atoms with Gasteiger partial charge >= 0.3 is 0 Å². The molecule has 0 aliphatic heterocycles. The average Bonchev–Trinajstić information content (AvgIpc) is 2.18. The van der Waals surface area contributed by atoms with Crippen molar-refractivity contribution in [2.24, 2.45) is 0 Å². The van der Waals surface area contributed by atoms with Crippen molar-refractivity contribution in [1.29, 1.82) is 0 Å². The fraction of sp³-hybridized carbons (Fsp3) is 0.846. The Kier molecular flexibility index (Phi) is 6.52. The van der Waals surface area contributed by atoms with E-state index in [0.717, 1.165) is 0 Å². The molecule has 0 fully saturated rings. The first-order valence-corrected chi connectivity index (χ1v) is 8.38. The lowest BCUT2D eigenvalue weighted by Gasteiger charge is -2.43. The molecule has 2 nitrogen and oxygen atoms in total. The molecule has 0 spiro atoms. The van der Waals surface area contributed by atoms with E-state index < -0.39 is 8.32 Å². The molecule has 0 bridgehead atoms. The topological polar surface area (TPSA) is 29.5 Å². The van der Waals surface area contributed by atoms with Crippen LogP contribution in [0.5, 0.6) is 0 Å². The normalized spacial score (nSPS) is 14.9. The average molecular weight is 244 g/mol. The van der Waals surface area contributed by atoms with Gasteiger partial charge in [0.25, 0.3) is 0 Å². The van der Waals surface area contributed by atoms with Crippen molar-refractivity contribution in [3.05, 3.63) is 12.7 Å². The third-order valence-corrected chi connectivity index (χ3v) is 9.63. The van der Waals surface area contributed by atoms with Crippen LogP contribution in [-0.4, -0.2) is 26.1 Å². The van der Waals surface area contributed by atoms with E-state index in [1.807, 2.05) is 0 Å². The second kappa shape index (κ2) is 6.57. The van der Waals surface area contributed by atoms with E-state index >= 15 is 0 Å². The Labute approximate surface area is 102 Å². The molecule has 0 aromatic carbocycles. The van der Waals surface area contributed by atoms with Crippen LogP contribution in [0.15, 0.2) is 12.7 Å². The van der Waals surface area contributed by atoms with Crippen LogP contribution in [-0.2, 0) is 4.43 Å². The lowest BCUT2D eigenvalue weighted by atomic mass is 10.4. The largest absolute Gasteiger partial charge is 0.407 e. The van der Waals surface area contributed by atoms with Crippen molar-refractivity contribution in [3.63, 3.8) is 0 Å². The minimum absolute atomic E-state index is 0.0322. The van der Waals surface area contributed by atoms with E-state index in [2.05, 4.69) is 48.1 Å². The standard InChI is InChI=1S/C13H28O2Si/c1-8-13(9-14)15-16(10(2)3,11(4)5)12(6)7/h8,10-14H,1,9H2,2-7H3/t13-/m0/s1. The minimum atomic E-state index is -1.86. The molecule has 0 saturated heterocycles. The molecule has 16 heavy (non-hydrogen) atoms. The van der Waals surface area contributed by atoms with Crippen molar-refractivity contribution < 1.29 is 9.53 Å². The van der Waals surface area contributed by atoms with Gasteiger partial charge in [-0.3, -0.25) is 0 Å². The SMILES string of the molecule is C=C[C@@H](CO)O[Si](C(C)C)(C(C)C)C(C)C. The predicted molar refractivity (Wildman–Crippen MR) is 73.2 cm³/mol. The lowest BCUT2D eigenvalue weighted by molar-refractivity contribution is 0.133. The summed E-state index contributed by atoms with van der Waals surface area (Å²) < 4.78 is 6.29. The van der Waals surface area contributed by atoms with E-state index in [0.29, 0.717) is 16.6 Å². The van der Waals surface area contributed by atoms with Crippen LogP contribution < -0.4 is 0 Å². The van der Waals surface area contributed by atoms with Gasteiger partial charge in [-0.1, -0.05) is 47.6 Å². The van der Waals surface area contributed by atoms with Crippen molar-refractivity contribution in [1.82, 2.24) is 0 Å². The number of aliphatic hydroxyl groups is 1. The van der Waals surface area contributed by atoms with Crippen molar-refractivity contribution in [2.75, 3.05) is 6.61 Å². The highest BCUT2D eigenvalue weighted by Gasteiger charge is 2.46. The van der Waals surface area contributed by atoms with Crippen LogP contribution >= 0.6 is 0 Å². The molecule has 1 N–H and O–H groups in total. The number of hydrogen-bond acceptors (Lipinski definition) is 2. The van der Waals surface area contributed by atoms with E-state index in [4.69, 9.17) is 4.43 Å². The number of aliphatic hydroxyl groups excluding tert-OH is 1. The summed E-state index contributed by atoms with van der Waals surface area (Å²) in [4.78, 5) is 0. The van der Waals surface area contributed by atoms with E-state index in [9.17, 15) is 5.11 Å². The zero-order valence-corrected chi connectivity index (χ0v) is 12.7. The van der Waals surface area contributed by atoms with Crippen LogP contribution in [0.25, 0.3) is 0 Å². The van der Waals surface area contributed by atoms with Crippen molar-refractivity contribution in [3.8, 4) is 0 Å². The lowest BCUT2D eigenvalue weighted by Crippen LogP contribution is -2.50. The van der Waals surface area contributed by atoms with E-state index in [1.165, 1.54) is 0 Å². The molecular formula is C13H28O2Si. The Morgan fingerprint density at radius 2 is 1.44 bits per heavy atom. The second-order valence-corrected chi connectivity index (χ2v) is 10.8. The highest BCUT2D eigenvalue weighted by Crippen LogP contribution is 2.42. The summed E-state index contributed by atoms with van der Waals surface area (Å²) >= 11 is 0. The highest BCUT2D eigenvalue weighted by molar-refractivity contribution is 6.77. The maximum absolute atomic E-state index is 9.26. The summed E-state index contributed by atoms with van der Waals surface area (Å²) in [5.74, 6) is 0. The van der Waals surface area contributed by atoms with E-state index in [-0.39, 0.29) is 12.7 Å². The quantitative estimate of drug-likeness (QED) is 0.546. The molecule has 0 saturated carbocycles. The molecule has 0 rings (SSSR count). The smallest absolute Gasteiger partial charge is 0.201 e. The predicted octanol–water partition coefficient (Wildman–Crippen LogP) is 3.73. The Morgan fingerprint density at radius 3 is 1.62 bits per heavy atom. The summed E-state index contributed by atoms with van der Waals surface area (Å²) in [5.41, 5.74) is 1.63. The van der Waals surface area contributed by atoms with Crippen LogP contribution in [0.4, 0.5) is 0 Å². The van der Waals surface area contributed by atoms with Crippen LogP contribution in [0, 0.1) is 0 Å². The van der Waals surface area contributed by atoms with Crippen LogP contribution in [0.3, 0.4) is 0 Å². The molecular weight excluding hydrogens is 216 g/mol. The first-order chi connectivity index (χ1) is 7.32. The van der Waals surface area contributed by atoms with Gasteiger partial charge in [0.1, 0.15) is 0 Å². The Morgan fingerprint density at radius 1 is 1.06 bits per heavy atom. The number of hydrogen-bond donors (Lipinski definition) is 1. The Bertz CT molecular complexity index is 190. The van der Waals surface area contributed by atoms with Gasteiger partial charge in [0.15, 0.2) is 0 Å². The highest BCUT2D eigenvalue weighted by atomic mass is 28.4. The molecule has 0 aliphatic rings. The van der Waals surface area contributed by atoms with Gasteiger partial charge < -0.3 is 9.53 Å². The summed E-state index contributed by atoms with van der Waals surface area (Å²) in [7, 11) is -1.86. The first-order valence-electron chi connectivity index (χ1n) is 6.24. The van der Waals surface area contributed by atoms with Crippen molar-refractivity contribution >= 4 is 8.32 Å². The molecule has 0 amide bonds. The Balaban J connectivity index is 5.11. The summed E-state index contributed by atoms with van der Waals surface area (Å²) in [5, 5.41) is 9.26. The maximum atomic E-state index is 9.26. The summed E-state index contributed by atoms with van der Waals surface area (Å²) in [6, 6.07) is 0. The summed E-state index contributed by atoms with van der Waals surface area (Å²) in [6.07, 6.45) is 1.51. The summed E-state index contributed by atoms with van der Waals surface area (Å²) in [6.45, 7) is 17.2. The van der Waals surface area contributed by atoms with Gasteiger partial charge in [-0.2, -0.15) is 0 Å². The molecule has 1 atom stereocenters. The molecule has 0 aromatic heterocycles. The van der Waals surface area contributed by atoms with Gasteiger partial charge in [-0.05, 0) is 16.6 Å². The molecule has 0 radical (unpaired) electrons. The molecule has 0 aliphatic carbocycles.